The van der Waals surface area contributed by atoms with Crippen LogP contribution in [0.2, 0.25) is 0 Å². The summed E-state index contributed by atoms with van der Waals surface area (Å²) < 4.78 is 10.1. The third kappa shape index (κ3) is 2.76. The molecule has 1 amide bonds. The van der Waals surface area contributed by atoms with Crippen molar-refractivity contribution in [1.82, 2.24) is 20.6 Å². The van der Waals surface area contributed by atoms with Gasteiger partial charge in [-0.15, -0.1) is 0 Å². The summed E-state index contributed by atoms with van der Waals surface area (Å²) in [6.45, 7) is 3.94. The molecule has 1 aromatic carbocycles. The third-order valence-corrected chi connectivity index (χ3v) is 3.18. The van der Waals surface area contributed by atoms with Gasteiger partial charge in [0, 0.05) is 0 Å². The van der Waals surface area contributed by atoms with Gasteiger partial charge in [-0.2, -0.15) is 0 Å². The van der Waals surface area contributed by atoms with Crippen LogP contribution >= 0.6 is 0 Å². The quantitative estimate of drug-likeness (QED) is 0.784. The first-order chi connectivity index (χ1) is 10.1. The second kappa shape index (κ2) is 5.35. The SMILES string of the molecule is Cc1nonc1CC(=O)NCc1nc2c(C)cccc2o1. The number of aryl methyl sites for hydroxylation is 2. The lowest BCUT2D eigenvalue weighted by Gasteiger charge is -2.00. The van der Waals surface area contributed by atoms with Crippen LogP contribution in [0.5, 0.6) is 0 Å². The van der Waals surface area contributed by atoms with Crippen molar-refractivity contribution in [2.75, 3.05) is 0 Å². The zero-order valence-corrected chi connectivity index (χ0v) is 11.7. The number of aromatic nitrogens is 3. The van der Waals surface area contributed by atoms with E-state index in [1.807, 2.05) is 25.1 Å². The molecule has 0 aliphatic heterocycles. The minimum absolute atomic E-state index is 0.120. The van der Waals surface area contributed by atoms with E-state index in [0.717, 1.165) is 16.7 Å². The third-order valence-electron chi connectivity index (χ3n) is 3.18. The second-order valence-corrected chi connectivity index (χ2v) is 4.78. The van der Waals surface area contributed by atoms with Crippen LogP contribution in [0.3, 0.4) is 0 Å². The number of rotatable bonds is 4. The summed E-state index contributed by atoms with van der Waals surface area (Å²) in [6, 6.07) is 5.73. The van der Waals surface area contributed by atoms with Crippen molar-refractivity contribution >= 4 is 17.0 Å². The number of hydrogen-bond donors (Lipinski definition) is 1. The van der Waals surface area contributed by atoms with E-state index in [-0.39, 0.29) is 18.9 Å². The highest BCUT2D eigenvalue weighted by Gasteiger charge is 2.12. The van der Waals surface area contributed by atoms with Crippen molar-refractivity contribution < 1.29 is 13.8 Å². The van der Waals surface area contributed by atoms with E-state index in [0.29, 0.717) is 17.3 Å². The fourth-order valence-electron chi connectivity index (χ4n) is 2.01. The Balaban J connectivity index is 1.65. The Labute approximate surface area is 120 Å². The molecule has 3 rings (SSSR count). The van der Waals surface area contributed by atoms with Crippen LogP contribution in [0.15, 0.2) is 27.2 Å². The summed E-state index contributed by atoms with van der Waals surface area (Å²) >= 11 is 0. The molecular formula is C14H14N4O3. The van der Waals surface area contributed by atoms with E-state index in [1.54, 1.807) is 6.92 Å². The first-order valence-corrected chi connectivity index (χ1v) is 6.53. The van der Waals surface area contributed by atoms with Gasteiger partial charge in [0.25, 0.3) is 0 Å². The minimum Gasteiger partial charge on any atom is -0.439 e. The molecule has 3 aromatic rings. The zero-order valence-electron chi connectivity index (χ0n) is 11.7. The summed E-state index contributed by atoms with van der Waals surface area (Å²) in [4.78, 5) is 16.2. The van der Waals surface area contributed by atoms with Crippen LogP contribution in [-0.2, 0) is 17.8 Å². The number of benzene rings is 1. The van der Waals surface area contributed by atoms with Crippen molar-refractivity contribution in [1.29, 1.82) is 0 Å². The molecule has 0 saturated heterocycles. The lowest BCUT2D eigenvalue weighted by atomic mass is 10.2. The topological polar surface area (TPSA) is 94.0 Å². The highest BCUT2D eigenvalue weighted by Crippen LogP contribution is 2.18. The molecular weight excluding hydrogens is 272 g/mol. The van der Waals surface area contributed by atoms with E-state index >= 15 is 0 Å². The molecule has 7 nitrogen and oxygen atoms in total. The smallest absolute Gasteiger partial charge is 0.226 e. The predicted molar refractivity (Wildman–Crippen MR) is 73.3 cm³/mol. The van der Waals surface area contributed by atoms with Crippen LogP contribution in [0.4, 0.5) is 0 Å². The van der Waals surface area contributed by atoms with Crippen LogP contribution in [0.25, 0.3) is 11.1 Å². The van der Waals surface area contributed by atoms with Gasteiger partial charge in [-0.05, 0) is 25.5 Å². The molecule has 0 fully saturated rings. The van der Waals surface area contributed by atoms with E-state index in [9.17, 15) is 4.79 Å². The summed E-state index contributed by atoms with van der Waals surface area (Å²) in [6.07, 6.45) is 0.120. The monoisotopic (exact) mass is 286 g/mol. The van der Waals surface area contributed by atoms with Gasteiger partial charge in [-0.1, -0.05) is 22.4 Å². The Morgan fingerprint density at radius 1 is 1.29 bits per heavy atom. The number of carbonyl (C=O) groups is 1. The number of nitrogens with zero attached hydrogens (tertiary/aromatic N) is 3. The van der Waals surface area contributed by atoms with Crippen LogP contribution < -0.4 is 5.32 Å². The van der Waals surface area contributed by atoms with Gasteiger partial charge in [-0.3, -0.25) is 4.79 Å². The zero-order chi connectivity index (χ0) is 14.8. The van der Waals surface area contributed by atoms with Crippen LogP contribution in [0, 0.1) is 13.8 Å². The van der Waals surface area contributed by atoms with Gasteiger partial charge < -0.3 is 9.73 Å². The fraction of sp³-hybridized carbons (Fsp3) is 0.286. The average molecular weight is 286 g/mol. The van der Waals surface area contributed by atoms with Crippen molar-refractivity contribution in [3.05, 3.63) is 41.0 Å². The maximum absolute atomic E-state index is 11.8. The van der Waals surface area contributed by atoms with Gasteiger partial charge >= 0.3 is 0 Å². The molecule has 0 radical (unpaired) electrons. The fourth-order valence-corrected chi connectivity index (χ4v) is 2.01. The number of oxazole rings is 1. The van der Waals surface area contributed by atoms with Crippen molar-refractivity contribution in [3.8, 4) is 0 Å². The van der Waals surface area contributed by atoms with Crippen LogP contribution in [-0.4, -0.2) is 21.2 Å². The first-order valence-electron chi connectivity index (χ1n) is 6.53. The van der Waals surface area contributed by atoms with Crippen molar-refractivity contribution in [2.24, 2.45) is 0 Å². The summed E-state index contributed by atoms with van der Waals surface area (Å²) in [7, 11) is 0. The maximum atomic E-state index is 11.8. The minimum atomic E-state index is -0.187. The molecule has 21 heavy (non-hydrogen) atoms. The van der Waals surface area contributed by atoms with Crippen molar-refractivity contribution in [2.45, 2.75) is 26.8 Å². The molecule has 0 saturated carbocycles. The molecule has 0 aliphatic rings. The molecule has 0 aliphatic carbocycles. The van der Waals surface area contributed by atoms with E-state index in [1.165, 1.54) is 0 Å². The summed E-state index contributed by atoms with van der Waals surface area (Å²) in [5, 5.41) is 10.0. The normalized spacial score (nSPS) is 11.0. The first kappa shape index (κ1) is 13.3. The van der Waals surface area contributed by atoms with E-state index < -0.39 is 0 Å². The number of nitrogens with one attached hydrogen (secondary N) is 1. The Morgan fingerprint density at radius 2 is 2.14 bits per heavy atom. The number of para-hydroxylation sites is 1. The highest BCUT2D eigenvalue weighted by atomic mass is 16.6. The molecule has 2 heterocycles. The lowest BCUT2D eigenvalue weighted by Crippen LogP contribution is -2.25. The van der Waals surface area contributed by atoms with Crippen molar-refractivity contribution in [3.63, 3.8) is 0 Å². The Hall–Kier alpha value is -2.70. The average Bonchev–Trinajstić information content (AvgIpc) is 3.04. The molecule has 0 bridgehead atoms. The number of amides is 1. The lowest BCUT2D eigenvalue weighted by molar-refractivity contribution is -0.120. The molecule has 108 valence electrons. The molecule has 2 aromatic heterocycles. The molecule has 1 N–H and O–H groups in total. The Kier molecular flexibility index (Phi) is 3.39. The van der Waals surface area contributed by atoms with E-state index in [4.69, 9.17) is 4.42 Å². The second-order valence-electron chi connectivity index (χ2n) is 4.78. The van der Waals surface area contributed by atoms with Gasteiger partial charge in [-0.25, -0.2) is 9.61 Å². The largest absolute Gasteiger partial charge is 0.439 e. The van der Waals surface area contributed by atoms with Gasteiger partial charge in [0.05, 0.1) is 13.0 Å². The number of hydrogen-bond acceptors (Lipinski definition) is 6. The Morgan fingerprint density at radius 3 is 2.86 bits per heavy atom. The van der Waals surface area contributed by atoms with E-state index in [2.05, 4.69) is 25.2 Å². The number of carbonyl (C=O) groups excluding carboxylic acids is 1. The summed E-state index contributed by atoms with van der Waals surface area (Å²) in [5.41, 5.74) is 3.72. The number of fused-ring (bicyclic) bond motifs is 1. The van der Waals surface area contributed by atoms with Gasteiger partial charge in [0.2, 0.25) is 11.8 Å². The molecule has 0 atom stereocenters. The van der Waals surface area contributed by atoms with Gasteiger partial charge in [0.1, 0.15) is 16.9 Å². The maximum Gasteiger partial charge on any atom is 0.226 e. The predicted octanol–water partition coefficient (Wildman–Crippen LogP) is 1.69. The molecule has 0 unspecified atom stereocenters. The summed E-state index contributed by atoms with van der Waals surface area (Å²) in [5.74, 6) is 0.287. The highest BCUT2D eigenvalue weighted by molar-refractivity contribution is 5.78. The Bertz CT molecular complexity index is 790. The molecule has 7 heteroatoms. The van der Waals surface area contributed by atoms with Gasteiger partial charge in [0.15, 0.2) is 5.58 Å². The molecule has 0 spiro atoms. The van der Waals surface area contributed by atoms with Crippen LogP contribution in [0.1, 0.15) is 22.8 Å². The standard InChI is InChI=1S/C14H14N4O3/c1-8-4-3-5-11-14(8)16-13(20-11)7-15-12(19)6-10-9(2)17-21-18-10/h3-5H,6-7H2,1-2H3,(H,15,19).